The predicted molar refractivity (Wildman–Crippen MR) is 83.2 cm³/mol. The van der Waals surface area contributed by atoms with Crippen molar-refractivity contribution in [2.45, 2.75) is 12.8 Å². The second-order valence-corrected chi connectivity index (χ2v) is 4.83. The van der Waals surface area contributed by atoms with Crippen LogP contribution in [0.5, 0.6) is 0 Å². The van der Waals surface area contributed by atoms with E-state index < -0.39 is 0 Å². The minimum atomic E-state index is -0.378. The average Bonchev–Trinajstić information content (AvgIpc) is 2.54. The molecule has 22 heavy (non-hydrogen) atoms. The highest BCUT2D eigenvalue weighted by Crippen LogP contribution is 2.13. The van der Waals surface area contributed by atoms with E-state index in [2.05, 4.69) is 10.6 Å². The highest BCUT2D eigenvalue weighted by atomic mass is 19.1. The number of anilines is 1. The Morgan fingerprint density at radius 2 is 1.64 bits per heavy atom. The molecule has 0 bridgehead atoms. The van der Waals surface area contributed by atoms with E-state index in [1.807, 2.05) is 12.1 Å². The molecule has 2 amide bonds. The largest absolute Gasteiger partial charge is 0.359 e. The number of carbonyl (C=O) groups is 2. The second-order valence-electron chi connectivity index (χ2n) is 4.83. The van der Waals surface area contributed by atoms with Gasteiger partial charge in [-0.1, -0.05) is 12.1 Å². The molecule has 0 unspecified atom stereocenters. The van der Waals surface area contributed by atoms with Crippen LogP contribution < -0.4 is 10.6 Å². The van der Waals surface area contributed by atoms with Crippen LogP contribution in [0.4, 0.5) is 10.1 Å². The molecule has 114 valence electrons. The van der Waals surface area contributed by atoms with Gasteiger partial charge in [-0.3, -0.25) is 9.59 Å². The van der Waals surface area contributed by atoms with Crippen LogP contribution in [0.1, 0.15) is 22.3 Å². The van der Waals surface area contributed by atoms with Crippen molar-refractivity contribution in [1.82, 2.24) is 5.32 Å². The molecule has 0 spiro atoms. The maximum absolute atomic E-state index is 12.8. The maximum Gasteiger partial charge on any atom is 0.255 e. The Kier molecular flexibility index (Phi) is 5.25. The van der Waals surface area contributed by atoms with E-state index >= 15 is 0 Å². The summed E-state index contributed by atoms with van der Waals surface area (Å²) < 4.78 is 12.8. The van der Waals surface area contributed by atoms with Crippen LogP contribution in [0.3, 0.4) is 0 Å². The molecular formula is C17H17FN2O2. The van der Waals surface area contributed by atoms with E-state index in [0.29, 0.717) is 24.1 Å². The summed E-state index contributed by atoms with van der Waals surface area (Å²) in [6.45, 7) is 0. The minimum Gasteiger partial charge on any atom is -0.359 e. The van der Waals surface area contributed by atoms with Crippen molar-refractivity contribution < 1.29 is 14.0 Å². The Morgan fingerprint density at radius 1 is 1.00 bits per heavy atom. The molecule has 0 aliphatic heterocycles. The van der Waals surface area contributed by atoms with Crippen LogP contribution in [0.2, 0.25) is 0 Å². The number of carbonyl (C=O) groups excluding carboxylic acids is 2. The van der Waals surface area contributed by atoms with Gasteiger partial charge >= 0.3 is 0 Å². The fourth-order valence-corrected chi connectivity index (χ4v) is 1.94. The Labute approximate surface area is 128 Å². The second kappa shape index (κ2) is 7.36. The van der Waals surface area contributed by atoms with Gasteiger partial charge in [0.2, 0.25) is 5.91 Å². The first-order valence-electron chi connectivity index (χ1n) is 6.95. The van der Waals surface area contributed by atoms with Gasteiger partial charge in [-0.2, -0.15) is 0 Å². The zero-order valence-electron chi connectivity index (χ0n) is 12.2. The highest BCUT2D eigenvalue weighted by molar-refractivity contribution is 6.04. The van der Waals surface area contributed by atoms with Crippen molar-refractivity contribution in [1.29, 1.82) is 0 Å². The van der Waals surface area contributed by atoms with Crippen molar-refractivity contribution in [3.63, 3.8) is 0 Å². The smallest absolute Gasteiger partial charge is 0.255 e. The van der Waals surface area contributed by atoms with Gasteiger partial charge in [0.1, 0.15) is 5.82 Å². The SMILES string of the molecule is CNC(=O)CCc1ccc(NC(=O)c2ccc(F)cc2)cc1. The van der Waals surface area contributed by atoms with Gasteiger partial charge < -0.3 is 10.6 Å². The Morgan fingerprint density at radius 3 is 2.23 bits per heavy atom. The van der Waals surface area contributed by atoms with Crippen LogP contribution in [0, 0.1) is 5.82 Å². The number of aryl methyl sites for hydroxylation is 1. The lowest BCUT2D eigenvalue weighted by molar-refractivity contribution is -0.120. The van der Waals surface area contributed by atoms with Gasteiger partial charge in [0.05, 0.1) is 0 Å². The highest BCUT2D eigenvalue weighted by Gasteiger charge is 2.06. The van der Waals surface area contributed by atoms with E-state index in [4.69, 9.17) is 0 Å². The van der Waals surface area contributed by atoms with E-state index in [0.717, 1.165) is 5.56 Å². The molecule has 0 aliphatic rings. The molecule has 2 N–H and O–H groups in total. The van der Waals surface area contributed by atoms with Crippen LogP contribution in [0.15, 0.2) is 48.5 Å². The molecular weight excluding hydrogens is 283 g/mol. The third kappa shape index (κ3) is 4.41. The maximum atomic E-state index is 12.8. The van der Waals surface area contributed by atoms with Gasteiger partial charge in [-0.05, 0) is 48.4 Å². The topological polar surface area (TPSA) is 58.2 Å². The monoisotopic (exact) mass is 300 g/mol. The van der Waals surface area contributed by atoms with Crippen LogP contribution in [-0.2, 0) is 11.2 Å². The lowest BCUT2D eigenvalue weighted by Gasteiger charge is -2.07. The fourth-order valence-electron chi connectivity index (χ4n) is 1.94. The van der Waals surface area contributed by atoms with Crippen molar-refractivity contribution in [3.8, 4) is 0 Å². The molecule has 2 rings (SSSR count). The fraction of sp³-hybridized carbons (Fsp3) is 0.176. The number of halogens is 1. The first-order chi connectivity index (χ1) is 10.6. The molecule has 0 heterocycles. The van der Waals surface area contributed by atoms with Crippen LogP contribution >= 0.6 is 0 Å². The van der Waals surface area contributed by atoms with Crippen molar-refractivity contribution in [2.75, 3.05) is 12.4 Å². The molecule has 0 atom stereocenters. The molecule has 5 heteroatoms. The van der Waals surface area contributed by atoms with Crippen molar-refractivity contribution in [2.24, 2.45) is 0 Å². The lowest BCUT2D eigenvalue weighted by atomic mass is 10.1. The molecule has 0 fully saturated rings. The number of amides is 2. The predicted octanol–water partition coefficient (Wildman–Crippen LogP) is 2.76. The van der Waals surface area contributed by atoms with E-state index in [-0.39, 0.29) is 17.6 Å². The van der Waals surface area contributed by atoms with Gasteiger partial charge in [0.25, 0.3) is 5.91 Å². The molecule has 2 aromatic rings. The molecule has 0 saturated carbocycles. The summed E-state index contributed by atoms with van der Waals surface area (Å²) in [6.07, 6.45) is 1.07. The summed E-state index contributed by atoms with van der Waals surface area (Å²) in [5.74, 6) is -0.677. The normalized spacial score (nSPS) is 10.1. The molecule has 0 radical (unpaired) electrons. The average molecular weight is 300 g/mol. The Hall–Kier alpha value is -2.69. The van der Waals surface area contributed by atoms with Gasteiger partial charge in [0, 0.05) is 24.7 Å². The minimum absolute atomic E-state index is 0.00584. The molecule has 2 aromatic carbocycles. The first-order valence-corrected chi connectivity index (χ1v) is 6.95. The van der Waals surface area contributed by atoms with Crippen molar-refractivity contribution >= 4 is 17.5 Å². The zero-order chi connectivity index (χ0) is 15.9. The Bertz CT molecular complexity index is 651. The summed E-state index contributed by atoms with van der Waals surface area (Å²) in [5.41, 5.74) is 2.06. The number of nitrogens with one attached hydrogen (secondary N) is 2. The summed E-state index contributed by atoms with van der Waals surface area (Å²) in [7, 11) is 1.61. The third-order valence-electron chi connectivity index (χ3n) is 3.24. The van der Waals surface area contributed by atoms with Crippen LogP contribution in [-0.4, -0.2) is 18.9 Å². The number of benzene rings is 2. The summed E-state index contributed by atoms with van der Waals surface area (Å²) in [4.78, 5) is 23.2. The standard InChI is InChI=1S/C17H17FN2O2/c1-19-16(21)11-4-12-2-9-15(10-3-12)20-17(22)13-5-7-14(18)8-6-13/h2-3,5-10H,4,11H2,1H3,(H,19,21)(H,20,22). The zero-order valence-corrected chi connectivity index (χ0v) is 12.2. The number of hydrogen-bond donors (Lipinski definition) is 2. The van der Waals surface area contributed by atoms with Gasteiger partial charge in [-0.15, -0.1) is 0 Å². The third-order valence-corrected chi connectivity index (χ3v) is 3.24. The quantitative estimate of drug-likeness (QED) is 0.892. The van der Waals surface area contributed by atoms with E-state index in [1.165, 1.54) is 24.3 Å². The summed E-state index contributed by atoms with van der Waals surface area (Å²) in [5, 5.41) is 5.31. The molecule has 0 saturated heterocycles. The van der Waals surface area contributed by atoms with Gasteiger partial charge in [-0.25, -0.2) is 4.39 Å². The lowest BCUT2D eigenvalue weighted by Crippen LogP contribution is -2.17. The number of rotatable bonds is 5. The summed E-state index contributed by atoms with van der Waals surface area (Å²) >= 11 is 0. The van der Waals surface area contributed by atoms with Crippen LogP contribution in [0.25, 0.3) is 0 Å². The van der Waals surface area contributed by atoms with E-state index in [1.54, 1.807) is 19.2 Å². The summed E-state index contributed by atoms with van der Waals surface area (Å²) in [6, 6.07) is 12.6. The van der Waals surface area contributed by atoms with E-state index in [9.17, 15) is 14.0 Å². The molecule has 0 aromatic heterocycles. The molecule has 0 aliphatic carbocycles. The first kappa shape index (κ1) is 15.7. The number of hydrogen-bond acceptors (Lipinski definition) is 2. The van der Waals surface area contributed by atoms with Gasteiger partial charge in [0.15, 0.2) is 0 Å². The Balaban J connectivity index is 1.94. The molecule has 4 nitrogen and oxygen atoms in total. The van der Waals surface area contributed by atoms with Crippen molar-refractivity contribution in [3.05, 3.63) is 65.5 Å².